The van der Waals surface area contributed by atoms with E-state index in [-0.39, 0.29) is 11.9 Å². The lowest BCUT2D eigenvalue weighted by Crippen LogP contribution is -2.40. The number of carbonyl (C=O) groups is 1. The Morgan fingerprint density at radius 3 is 2.78 bits per heavy atom. The van der Waals surface area contributed by atoms with Gasteiger partial charge in [-0.05, 0) is 18.2 Å². The Balaban J connectivity index is 2.11. The van der Waals surface area contributed by atoms with Crippen LogP contribution in [0.1, 0.15) is 10.4 Å². The van der Waals surface area contributed by atoms with Gasteiger partial charge in [0.15, 0.2) is 5.96 Å². The smallest absolute Gasteiger partial charge is 0.254 e. The van der Waals surface area contributed by atoms with Gasteiger partial charge in [-0.15, -0.1) is 0 Å². The number of hydrogen-bond acceptors (Lipinski definition) is 3. The Morgan fingerprint density at radius 1 is 1.39 bits per heavy atom. The van der Waals surface area contributed by atoms with Gasteiger partial charge in [0.1, 0.15) is 0 Å². The van der Waals surface area contributed by atoms with Gasteiger partial charge < -0.3 is 20.7 Å². The van der Waals surface area contributed by atoms with E-state index in [4.69, 9.17) is 15.9 Å². The fraction of sp³-hybridized carbons (Fsp3) is 0.333. The molecule has 2 rings (SSSR count). The Morgan fingerprint density at radius 2 is 2.11 bits per heavy atom. The minimum atomic E-state index is -0.147. The monoisotopic (exact) mass is 248 g/mol. The second-order valence-electron chi connectivity index (χ2n) is 4.02. The number of rotatable bonds is 2. The zero-order valence-electron chi connectivity index (χ0n) is 9.98. The Bertz CT molecular complexity index is 455. The maximum Gasteiger partial charge on any atom is 0.254 e. The molecule has 1 saturated heterocycles. The number of anilines is 1. The number of benzene rings is 1. The Labute approximate surface area is 105 Å². The van der Waals surface area contributed by atoms with Crippen molar-refractivity contribution in [3.8, 4) is 0 Å². The average molecular weight is 248 g/mol. The lowest BCUT2D eigenvalue weighted by molar-refractivity contribution is 0.0303. The summed E-state index contributed by atoms with van der Waals surface area (Å²) in [4.78, 5) is 14.0. The van der Waals surface area contributed by atoms with Crippen LogP contribution in [-0.4, -0.2) is 43.1 Å². The Hall–Kier alpha value is -2.08. The van der Waals surface area contributed by atoms with Crippen molar-refractivity contribution in [2.45, 2.75) is 0 Å². The summed E-state index contributed by atoms with van der Waals surface area (Å²) in [6.07, 6.45) is 0. The number of nitrogens with two attached hydrogens (primary N) is 1. The number of guanidine groups is 1. The fourth-order valence-electron chi connectivity index (χ4n) is 1.83. The summed E-state index contributed by atoms with van der Waals surface area (Å²) in [5, 5.41) is 9.83. The van der Waals surface area contributed by atoms with E-state index in [0.717, 1.165) is 0 Å². The van der Waals surface area contributed by atoms with Crippen LogP contribution < -0.4 is 11.1 Å². The highest BCUT2D eigenvalue weighted by Gasteiger charge is 2.18. The highest BCUT2D eigenvalue weighted by molar-refractivity contribution is 5.97. The van der Waals surface area contributed by atoms with E-state index >= 15 is 0 Å². The molecule has 6 nitrogen and oxygen atoms in total. The van der Waals surface area contributed by atoms with E-state index in [2.05, 4.69) is 5.32 Å². The summed E-state index contributed by atoms with van der Waals surface area (Å²) < 4.78 is 5.21. The van der Waals surface area contributed by atoms with Crippen LogP contribution in [0.4, 0.5) is 5.69 Å². The quantitative estimate of drug-likeness (QED) is 0.524. The molecule has 1 aliphatic rings. The third-order valence-electron chi connectivity index (χ3n) is 2.69. The molecule has 0 aromatic heterocycles. The van der Waals surface area contributed by atoms with Crippen molar-refractivity contribution in [3.63, 3.8) is 0 Å². The lowest BCUT2D eigenvalue weighted by atomic mass is 10.1. The number of hydrogen-bond donors (Lipinski definition) is 3. The largest absolute Gasteiger partial charge is 0.378 e. The number of ether oxygens (including phenoxy) is 1. The third-order valence-corrected chi connectivity index (χ3v) is 2.69. The summed E-state index contributed by atoms with van der Waals surface area (Å²) in [6.45, 7) is 2.39. The van der Waals surface area contributed by atoms with E-state index in [1.807, 2.05) is 0 Å². The van der Waals surface area contributed by atoms with Gasteiger partial charge in [0.25, 0.3) is 5.91 Å². The van der Waals surface area contributed by atoms with Crippen LogP contribution in [0.15, 0.2) is 24.3 Å². The molecular weight excluding hydrogens is 232 g/mol. The first kappa shape index (κ1) is 12.4. The van der Waals surface area contributed by atoms with E-state index in [1.54, 1.807) is 29.2 Å². The molecule has 1 fully saturated rings. The standard InChI is InChI=1S/C12H16N4O2/c13-12(14)15-10-3-1-2-9(8-10)11(17)16-4-6-18-7-5-16/h1-3,8H,4-7H2,(H4,13,14,15). The molecule has 1 heterocycles. The van der Waals surface area contributed by atoms with Crippen LogP contribution >= 0.6 is 0 Å². The summed E-state index contributed by atoms with van der Waals surface area (Å²) >= 11 is 0. The van der Waals surface area contributed by atoms with Gasteiger partial charge in [0, 0.05) is 24.3 Å². The Kier molecular flexibility index (Phi) is 3.78. The van der Waals surface area contributed by atoms with Crippen molar-refractivity contribution in [1.29, 1.82) is 5.41 Å². The molecule has 4 N–H and O–H groups in total. The van der Waals surface area contributed by atoms with E-state index in [0.29, 0.717) is 37.6 Å². The average Bonchev–Trinajstić information content (AvgIpc) is 2.38. The normalized spacial score (nSPS) is 15.2. The van der Waals surface area contributed by atoms with Gasteiger partial charge in [-0.25, -0.2) is 0 Å². The molecule has 1 aromatic carbocycles. The highest BCUT2D eigenvalue weighted by atomic mass is 16.5. The molecule has 0 atom stereocenters. The van der Waals surface area contributed by atoms with Crippen molar-refractivity contribution in [2.75, 3.05) is 31.6 Å². The zero-order chi connectivity index (χ0) is 13.0. The second-order valence-corrected chi connectivity index (χ2v) is 4.02. The number of nitrogens with zero attached hydrogens (tertiary/aromatic N) is 1. The molecule has 0 radical (unpaired) electrons. The minimum absolute atomic E-state index is 0.0227. The van der Waals surface area contributed by atoms with Crippen molar-refractivity contribution in [3.05, 3.63) is 29.8 Å². The van der Waals surface area contributed by atoms with Crippen molar-refractivity contribution in [2.24, 2.45) is 5.73 Å². The van der Waals surface area contributed by atoms with E-state index in [1.165, 1.54) is 0 Å². The second kappa shape index (κ2) is 5.50. The molecule has 18 heavy (non-hydrogen) atoms. The third kappa shape index (κ3) is 2.98. The zero-order valence-corrected chi connectivity index (χ0v) is 9.98. The van der Waals surface area contributed by atoms with Gasteiger partial charge in [-0.2, -0.15) is 0 Å². The van der Waals surface area contributed by atoms with E-state index < -0.39 is 0 Å². The topological polar surface area (TPSA) is 91.4 Å². The maximum atomic E-state index is 12.2. The number of carbonyl (C=O) groups excluding carboxylic acids is 1. The molecule has 0 bridgehead atoms. The highest BCUT2D eigenvalue weighted by Crippen LogP contribution is 2.13. The first-order valence-electron chi connectivity index (χ1n) is 5.75. The summed E-state index contributed by atoms with van der Waals surface area (Å²) in [7, 11) is 0. The van der Waals surface area contributed by atoms with Crippen LogP contribution in [-0.2, 0) is 4.74 Å². The predicted molar refractivity (Wildman–Crippen MR) is 68.7 cm³/mol. The minimum Gasteiger partial charge on any atom is -0.378 e. The number of amides is 1. The molecule has 1 aliphatic heterocycles. The van der Waals surface area contributed by atoms with Crippen molar-refractivity contribution >= 4 is 17.6 Å². The van der Waals surface area contributed by atoms with E-state index in [9.17, 15) is 4.79 Å². The van der Waals surface area contributed by atoms with Gasteiger partial charge >= 0.3 is 0 Å². The molecule has 6 heteroatoms. The van der Waals surface area contributed by atoms with Gasteiger partial charge in [-0.1, -0.05) is 6.07 Å². The maximum absolute atomic E-state index is 12.2. The molecule has 0 spiro atoms. The lowest BCUT2D eigenvalue weighted by Gasteiger charge is -2.27. The van der Waals surface area contributed by atoms with Crippen LogP contribution in [0.25, 0.3) is 0 Å². The van der Waals surface area contributed by atoms with Crippen LogP contribution in [0, 0.1) is 5.41 Å². The molecule has 0 saturated carbocycles. The number of morpholine rings is 1. The SMILES string of the molecule is N=C(N)Nc1cccc(C(=O)N2CCOCC2)c1. The summed E-state index contributed by atoms with van der Waals surface area (Å²) in [5.41, 5.74) is 6.48. The van der Waals surface area contributed by atoms with Crippen LogP contribution in [0.2, 0.25) is 0 Å². The first-order chi connectivity index (χ1) is 8.66. The molecule has 96 valence electrons. The van der Waals surface area contributed by atoms with Crippen molar-refractivity contribution < 1.29 is 9.53 Å². The molecule has 1 amide bonds. The fourth-order valence-corrected chi connectivity index (χ4v) is 1.83. The molecule has 0 unspecified atom stereocenters. The van der Waals surface area contributed by atoms with Gasteiger partial charge in [0.2, 0.25) is 0 Å². The molecule has 0 aliphatic carbocycles. The van der Waals surface area contributed by atoms with Crippen LogP contribution in [0.3, 0.4) is 0 Å². The first-order valence-corrected chi connectivity index (χ1v) is 5.75. The molecular formula is C12H16N4O2. The molecule has 1 aromatic rings. The van der Waals surface area contributed by atoms with Gasteiger partial charge in [0.05, 0.1) is 13.2 Å². The number of nitrogens with one attached hydrogen (secondary N) is 2. The summed E-state index contributed by atoms with van der Waals surface area (Å²) in [5.74, 6) is -0.170. The van der Waals surface area contributed by atoms with Crippen molar-refractivity contribution in [1.82, 2.24) is 4.90 Å². The van der Waals surface area contributed by atoms with Gasteiger partial charge in [-0.3, -0.25) is 10.2 Å². The summed E-state index contributed by atoms with van der Waals surface area (Å²) in [6, 6.07) is 6.97. The predicted octanol–water partition coefficient (Wildman–Crippen LogP) is 0.464. The van der Waals surface area contributed by atoms with Crippen LogP contribution in [0.5, 0.6) is 0 Å².